The number of aromatic nitrogens is 2. The molecule has 1 fully saturated rings. The molecule has 1 aliphatic heterocycles. The van der Waals surface area contributed by atoms with E-state index in [-0.39, 0.29) is 30.1 Å². The van der Waals surface area contributed by atoms with E-state index in [1.807, 2.05) is 18.2 Å². The molecule has 1 saturated heterocycles. The highest BCUT2D eigenvalue weighted by atomic mass is 32.1. The van der Waals surface area contributed by atoms with Crippen LogP contribution in [-0.2, 0) is 4.79 Å². The molecule has 2 aromatic carbocycles. The Balaban J connectivity index is 1.50. The fraction of sp³-hybridized carbons (Fsp3) is 0.258. The Hall–Kier alpha value is -4.04. The van der Waals surface area contributed by atoms with E-state index in [0.29, 0.717) is 11.7 Å². The number of rotatable bonds is 7. The lowest BCUT2D eigenvalue weighted by atomic mass is 9.96. The van der Waals surface area contributed by atoms with E-state index >= 15 is 0 Å². The Kier molecular flexibility index (Phi) is 7.48. The second-order valence-corrected chi connectivity index (χ2v) is 10.4. The summed E-state index contributed by atoms with van der Waals surface area (Å²) in [6.07, 6.45) is 1.93. The maximum absolute atomic E-state index is 14.1. The summed E-state index contributed by atoms with van der Waals surface area (Å²) in [5.41, 5.74) is 7.93. The summed E-state index contributed by atoms with van der Waals surface area (Å²) < 4.78 is 16.4. The van der Waals surface area contributed by atoms with Crippen molar-refractivity contribution < 1.29 is 9.18 Å². The average Bonchev–Trinajstić information content (AvgIpc) is 3.40. The summed E-state index contributed by atoms with van der Waals surface area (Å²) in [6, 6.07) is 20.3. The molecule has 0 saturated carbocycles. The van der Waals surface area contributed by atoms with Crippen molar-refractivity contribution in [3.63, 3.8) is 0 Å². The number of para-hydroxylation sites is 1. The van der Waals surface area contributed by atoms with Crippen molar-refractivity contribution in [2.75, 3.05) is 11.9 Å². The molecule has 5 rings (SSSR count). The summed E-state index contributed by atoms with van der Waals surface area (Å²) in [5, 5.41) is 6.71. The van der Waals surface area contributed by atoms with Gasteiger partial charge in [-0.2, -0.15) is 0 Å². The molecule has 1 amide bonds. The largest absolute Gasteiger partial charge is 0.352 e. The fourth-order valence-corrected chi connectivity index (χ4v) is 5.73. The highest BCUT2D eigenvalue weighted by Crippen LogP contribution is 2.41. The lowest BCUT2D eigenvalue weighted by Crippen LogP contribution is -2.33. The second kappa shape index (κ2) is 11.0. The first-order valence-electron chi connectivity index (χ1n) is 13.0. The molecule has 2 atom stereocenters. The van der Waals surface area contributed by atoms with Gasteiger partial charge in [0.1, 0.15) is 5.82 Å². The van der Waals surface area contributed by atoms with Crippen molar-refractivity contribution in [3.05, 3.63) is 113 Å². The molecule has 200 valence electrons. The van der Waals surface area contributed by atoms with Gasteiger partial charge in [0.05, 0.1) is 23.5 Å². The zero-order valence-corrected chi connectivity index (χ0v) is 23.3. The number of nitrogens with one attached hydrogen (secondary N) is 2. The lowest BCUT2D eigenvalue weighted by Gasteiger charge is -2.28. The first-order valence-corrected chi connectivity index (χ1v) is 13.4. The third-order valence-corrected chi connectivity index (χ3v) is 7.67. The van der Waals surface area contributed by atoms with E-state index in [4.69, 9.17) is 12.2 Å². The molecule has 2 aromatic heterocycles. The third kappa shape index (κ3) is 5.29. The monoisotopic (exact) mass is 541 g/mol. The topological polar surface area (TPSA) is 62.2 Å². The van der Waals surface area contributed by atoms with Crippen LogP contribution in [0.4, 0.5) is 10.1 Å². The predicted molar refractivity (Wildman–Crippen MR) is 157 cm³/mol. The number of aryl methyl sites for hydroxylation is 3. The predicted octanol–water partition coefficient (Wildman–Crippen LogP) is 6.25. The quantitative estimate of drug-likeness (QED) is 0.271. The van der Waals surface area contributed by atoms with Gasteiger partial charge in [-0.15, -0.1) is 0 Å². The van der Waals surface area contributed by atoms with Crippen molar-refractivity contribution in [1.29, 1.82) is 0 Å². The fourth-order valence-electron chi connectivity index (χ4n) is 5.40. The van der Waals surface area contributed by atoms with Crippen LogP contribution in [0.15, 0.2) is 72.9 Å². The van der Waals surface area contributed by atoms with Gasteiger partial charge in [-0.05, 0) is 93.0 Å². The van der Waals surface area contributed by atoms with Crippen molar-refractivity contribution in [3.8, 4) is 5.69 Å². The minimum Gasteiger partial charge on any atom is -0.352 e. The Morgan fingerprint density at radius 1 is 1.05 bits per heavy atom. The molecule has 6 nitrogen and oxygen atoms in total. The number of nitrogens with zero attached hydrogens (tertiary/aromatic N) is 3. The van der Waals surface area contributed by atoms with E-state index in [1.165, 1.54) is 17.2 Å². The van der Waals surface area contributed by atoms with E-state index in [9.17, 15) is 9.18 Å². The van der Waals surface area contributed by atoms with Gasteiger partial charge >= 0.3 is 0 Å². The van der Waals surface area contributed by atoms with Gasteiger partial charge in [0.25, 0.3) is 0 Å². The van der Waals surface area contributed by atoms with Crippen LogP contribution in [0, 0.1) is 33.5 Å². The smallest absolute Gasteiger partial charge is 0.226 e. The van der Waals surface area contributed by atoms with Crippen LogP contribution in [0.1, 0.15) is 52.3 Å². The van der Waals surface area contributed by atoms with Crippen LogP contribution in [0.2, 0.25) is 0 Å². The van der Waals surface area contributed by atoms with Crippen molar-refractivity contribution >= 4 is 28.9 Å². The molecule has 8 heteroatoms. The number of halogens is 1. The Morgan fingerprint density at radius 2 is 1.82 bits per heavy atom. The molecule has 0 bridgehead atoms. The number of amides is 1. The standard InChI is InChI=1S/C31H32FN5OS/c1-19-12-13-20(2)27(17-19)37-21(3)18-23(22(37)4)30-29(26-11-7-8-15-33-26)35-31(39)36(30)16-14-28(38)34-25-10-6-5-9-24(25)32/h5-13,15,17-18,29-30H,14,16H2,1-4H3,(H,34,38)(H,35,39)/t29-,30-/m1/s1. The number of pyridine rings is 1. The summed E-state index contributed by atoms with van der Waals surface area (Å²) >= 11 is 5.80. The molecule has 0 unspecified atom stereocenters. The van der Waals surface area contributed by atoms with Gasteiger partial charge < -0.3 is 20.1 Å². The highest BCUT2D eigenvalue weighted by Gasteiger charge is 2.41. The number of benzene rings is 2. The Bertz CT molecular complexity index is 1530. The zero-order chi connectivity index (χ0) is 27.7. The molecular weight excluding hydrogens is 509 g/mol. The highest BCUT2D eigenvalue weighted by molar-refractivity contribution is 7.80. The van der Waals surface area contributed by atoms with Gasteiger partial charge in [-0.3, -0.25) is 9.78 Å². The van der Waals surface area contributed by atoms with Gasteiger partial charge in [0.15, 0.2) is 5.11 Å². The average molecular weight is 542 g/mol. The van der Waals surface area contributed by atoms with Crippen LogP contribution in [0.5, 0.6) is 0 Å². The van der Waals surface area contributed by atoms with Crippen LogP contribution in [0.3, 0.4) is 0 Å². The first kappa shape index (κ1) is 26.6. The number of carbonyl (C=O) groups excluding carboxylic acids is 1. The zero-order valence-electron chi connectivity index (χ0n) is 22.5. The molecule has 4 aromatic rings. The molecule has 0 aliphatic carbocycles. The van der Waals surface area contributed by atoms with Crippen LogP contribution >= 0.6 is 12.2 Å². The molecular formula is C31H32FN5OS. The number of thiocarbonyl (C=S) groups is 1. The van der Waals surface area contributed by atoms with E-state index in [2.05, 4.69) is 77.0 Å². The minimum atomic E-state index is -0.462. The molecule has 1 aliphatic rings. The first-order chi connectivity index (χ1) is 18.7. The third-order valence-electron chi connectivity index (χ3n) is 7.32. The van der Waals surface area contributed by atoms with Gasteiger partial charge in [-0.25, -0.2) is 4.39 Å². The normalized spacial score (nSPS) is 16.8. The second-order valence-electron chi connectivity index (χ2n) is 10.0. The minimum absolute atomic E-state index is 0.150. The van der Waals surface area contributed by atoms with E-state index in [1.54, 1.807) is 24.4 Å². The van der Waals surface area contributed by atoms with Crippen LogP contribution in [-0.4, -0.2) is 32.0 Å². The summed E-state index contributed by atoms with van der Waals surface area (Å²) in [4.78, 5) is 19.5. The molecule has 2 N–H and O–H groups in total. The molecule has 3 heterocycles. The summed E-state index contributed by atoms with van der Waals surface area (Å²) in [7, 11) is 0. The van der Waals surface area contributed by atoms with Crippen molar-refractivity contribution in [2.45, 2.75) is 46.2 Å². The molecule has 39 heavy (non-hydrogen) atoms. The SMILES string of the molecule is Cc1ccc(C)c(-n2c(C)cc([C@@H]3[C@@H](c4ccccn4)NC(=S)N3CCC(=O)Nc3ccccc3F)c2C)c1. The maximum atomic E-state index is 14.1. The number of hydrogen-bond acceptors (Lipinski definition) is 3. The summed E-state index contributed by atoms with van der Waals surface area (Å²) in [6.45, 7) is 8.83. The van der Waals surface area contributed by atoms with Gasteiger partial charge in [0, 0.05) is 36.2 Å². The van der Waals surface area contributed by atoms with E-state index in [0.717, 1.165) is 28.3 Å². The van der Waals surface area contributed by atoms with Crippen LogP contribution < -0.4 is 10.6 Å². The number of hydrogen-bond donors (Lipinski definition) is 2. The summed E-state index contributed by atoms with van der Waals surface area (Å²) in [5.74, 6) is -0.736. The van der Waals surface area contributed by atoms with Crippen molar-refractivity contribution in [2.24, 2.45) is 0 Å². The number of anilines is 1. The van der Waals surface area contributed by atoms with Crippen molar-refractivity contribution in [1.82, 2.24) is 19.8 Å². The van der Waals surface area contributed by atoms with E-state index < -0.39 is 5.82 Å². The molecule has 0 spiro atoms. The Labute approximate surface area is 233 Å². The lowest BCUT2D eigenvalue weighted by molar-refractivity contribution is -0.116. The van der Waals surface area contributed by atoms with Gasteiger partial charge in [-0.1, -0.05) is 30.3 Å². The molecule has 0 radical (unpaired) electrons. The van der Waals surface area contributed by atoms with Gasteiger partial charge in [0.2, 0.25) is 5.91 Å². The Morgan fingerprint density at radius 3 is 2.56 bits per heavy atom. The number of carbonyl (C=O) groups is 1. The van der Waals surface area contributed by atoms with Crippen LogP contribution in [0.25, 0.3) is 5.69 Å². The maximum Gasteiger partial charge on any atom is 0.226 e.